The van der Waals surface area contributed by atoms with E-state index in [1.54, 1.807) is 6.08 Å². The van der Waals surface area contributed by atoms with Crippen molar-refractivity contribution in [2.75, 3.05) is 26.3 Å². The fraction of sp³-hybridized carbons (Fsp3) is 0.500. The Hall–Kier alpha value is -9.06. The average molecular weight is 1360 g/mol. The number of carboxylic acid groups (broad SMARTS) is 1. The summed E-state index contributed by atoms with van der Waals surface area (Å²) >= 11 is 0. The number of hydrogen-bond donors (Lipinski definition) is 4. The Bertz CT molecular complexity index is 4240. The van der Waals surface area contributed by atoms with Gasteiger partial charge in [-0.25, -0.2) is 42.7 Å². The number of hydrogen-bond acceptors (Lipinski definition) is 17. The number of nitrogens with one attached hydrogen (secondary N) is 3. The van der Waals surface area contributed by atoms with E-state index in [0.29, 0.717) is 59.1 Å². The second kappa shape index (κ2) is 27.3. The molecule has 4 aromatic carbocycles. The summed E-state index contributed by atoms with van der Waals surface area (Å²) in [5.41, 5.74) is 3.88. The van der Waals surface area contributed by atoms with Crippen molar-refractivity contribution in [3.63, 3.8) is 0 Å². The summed E-state index contributed by atoms with van der Waals surface area (Å²) in [6.07, 6.45) is 2.62. The largest absolute Gasteiger partial charge is 0.480 e. The first-order valence-electron chi connectivity index (χ1n) is 33.7. The van der Waals surface area contributed by atoms with Crippen LogP contribution in [0.3, 0.4) is 0 Å². The van der Waals surface area contributed by atoms with Gasteiger partial charge in [-0.3, -0.25) is 23.9 Å². The maximum absolute atomic E-state index is 14.7. The number of fused-ring (bicyclic) bond motifs is 14. The molecule has 98 heavy (non-hydrogen) atoms. The molecule has 2 aromatic heterocycles. The van der Waals surface area contributed by atoms with Crippen molar-refractivity contribution in [3.8, 4) is 34.3 Å². The Kier molecular flexibility index (Phi) is 19.6. The quantitative estimate of drug-likeness (QED) is 0.103. The first-order chi connectivity index (χ1) is 46.2. The highest BCUT2D eigenvalue weighted by atomic mass is 32.2. The van der Waals surface area contributed by atoms with E-state index >= 15 is 0 Å². The van der Waals surface area contributed by atoms with Crippen LogP contribution in [-0.4, -0.2) is 153 Å². The number of ether oxygens (including phenoxy) is 4. The number of aryl methyl sites for hydroxylation is 2. The Morgan fingerprint density at radius 3 is 1.48 bits per heavy atom. The molecule has 4 fully saturated rings. The molecule has 2 aliphatic carbocycles. The molecular weight excluding hydrogens is 1270 g/mol. The molecule has 4 aliphatic heterocycles. The van der Waals surface area contributed by atoms with Gasteiger partial charge in [0, 0.05) is 30.4 Å². The first-order valence-corrected chi connectivity index (χ1v) is 35.2. The van der Waals surface area contributed by atoms with E-state index in [4.69, 9.17) is 38.9 Å². The summed E-state index contributed by atoms with van der Waals surface area (Å²) in [6.45, 7) is 23.1. The maximum atomic E-state index is 14.7. The summed E-state index contributed by atoms with van der Waals surface area (Å²) in [5.74, 6) is -3.21. The molecule has 12 rings (SSSR count). The minimum Gasteiger partial charge on any atom is -0.480 e. The van der Waals surface area contributed by atoms with Crippen LogP contribution in [0.2, 0.25) is 0 Å². The number of sulfonamides is 1. The van der Waals surface area contributed by atoms with Crippen molar-refractivity contribution < 1.29 is 66.0 Å². The number of cyclic esters (lactones) is 2. The number of para-hydroxylation sites is 4. The lowest BCUT2D eigenvalue weighted by molar-refractivity contribution is -0.150. The normalized spacial score (nSPS) is 25.2. The summed E-state index contributed by atoms with van der Waals surface area (Å²) in [6, 6.07) is 26.6. The van der Waals surface area contributed by atoms with Crippen LogP contribution in [-0.2, 0) is 56.3 Å². The Balaban J connectivity index is 0.000000207. The summed E-state index contributed by atoms with van der Waals surface area (Å²) < 4.78 is 52.2. The number of aromatic nitrogens is 4. The topological polar surface area (TPSA) is 305 Å². The molecule has 5 amide bonds. The summed E-state index contributed by atoms with van der Waals surface area (Å²) in [4.78, 5) is 118. The van der Waals surface area contributed by atoms with Crippen LogP contribution in [0, 0.1) is 33.0 Å². The highest BCUT2D eigenvalue weighted by Crippen LogP contribution is 2.57. The van der Waals surface area contributed by atoms with Crippen LogP contribution in [0.4, 0.5) is 9.59 Å². The molecule has 6 aromatic rings. The molecule has 6 heterocycles. The van der Waals surface area contributed by atoms with Gasteiger partial charge in [-0.15, -0.1) is 6.58 Å². The molecule has 0 spiro atoms. The van der Waals surface area contributed by atoms with Crippen molar-refractivity contribution in [2.45, 2.75) is 175 Å². The number of aliphatic carboxylic acids is 1. The number of benzene rings is 4. The van der Waals surface area contributed by atoms with Gasteiger partial charge in [-0.05, 0) is 120 Å². The fourth-order valence-corrected chi connectivity index (χ4v) is 14.6. The zero-order valence-electron chi connectivity index (χ0n) is 57.4. The number of carboxylic acids is 1. The van der Waals surface area contributed by atoms with Gasteiger partial charge in [0.05, 0.1) is 65.1 Å². The van der Waals surface area contributed by atoms with E-state index in [9.17, 15) is 47.1 Å². The highest BCUT2D eigenvalue weighted by Gasteiger charge is 2.62. The van der Waals surface area contributed by atoms with Gasteiger partial charge >= 0.3 is 18.2 Å². The average Bonchev–Trinajstić information content (AvgIpc) is 1.57. The fourth-order valence-electron chi connectivity index (χ4n) is 13.3. The molecule has 8 bridgehead atoms. The van der Waals surface area contributed by atoms with E-state index in [-0.39, 0.29) is 69.2 Å². The molecule has 2 saturated carbocycles. The molecule has 23 nitrogen and oxygen atoms in total. The van der Waals surface area contributed by atoms with E-state index < -0.39 is 121 Å². The van der Waals surface area contributed by atoms with Crippen LogP contribution in [0.5, 0.6) is 11.8 Å². The first kappa shape index (κ1) is 70.3. The van der Waals surface area contributed by atoms with Gasteiger partial charge in [-0.2, -0.15) is 0 Å². The second-order valence-corrected chi connectivity index (χ2v) is 32.8. The van der Waals surface area contributed by atoms with Gasteiger partial charge in [0.2, 0.25) is 39.5 Å². The lowest BCUT2D eigenvalue weighted by Gasteiger charge is -2.35. The van der Waals surface area contributed by atoms with Gasteiger partial charge in [-0.1, -0.05) is 136 Å². The van der Waals surface area contributed by atoms with Gasteiger partial charge in [0.1, 0.15) is 41.7 Å². The van der Waals surface area contributed by atoms with Crippen molar-refractivity contribution in [3.05, 3.63) is 121 Å². The molecule has 4 N–H and O–H groups in total. The molecule has 2 saturated heterocycles. The van der Waals surface area contributed by atoms with Gasteiger partial charge in [0.15, 0.2) is 5.78 Å². The SMILES string of the molecule is C=C[C@@H]1C[C@]1(CC(=O)[C@@H]1C[C@@H]2CN1C(=O)[C@H](C(C)(C)C)NC(=O)OCC(C)(C)CCc1cccc(c1)-c1nc3ccccc3nc1O2)C(=O)NS(=O)(=O)C1CC1.CC1(C)CCc2cccc(c2)-c2nc3ccccc3nc2O[C@@H]2C[C@@H](C(=O)O)N(C2)C(=O)[C@H](C(C)(C)C)NC(=O)OC1. The van der Waals surface area contributed by atoms with Crippen molar-refractivity contribution in [1.29, 1.82) is 0 Å². The number of allylic oxidation sites excluding steroid dienone is 1. The van der Waals surface area contributed by atoms with E-state index in [0.717, 1.165) is 35.1 Å². The summed E-state index contributed by atoms with van der Waals surface area (Å²) in [5, 5.41) is 15.0. The number of rotatable bonds is 8. The lowest BCUT2D eigenvalue weighted by atomic mass is 9.85. The Labute approximate surface area is 571 Å². The van der Waals surface area contributed by atoms with Gasteiger partial charge < -0.3 is 44.5 Å². The minimum atomic E-state index is -3.87. The molecule has 24 heteroatoms. The third-order valence-electron chi connectivity index (χ3n) is 19.5. The zero-order valence-corrected chi connectivity index (χ0v) is 58.2. The highest BCUT2D eigenvalue weighted by molar-refractivity contribution is 7.91. The predicted molar refractivity (Wildman–Crippen MR) is 367 cm³/mol. The molecule has 0 radical (unpaired) electrons. The van der Waals surface area contributed by atoms with Crippen molar-refractivity contribution >= 4 is 73.8 Å². The number of carbonyl (C=O) groups is 7. The number of carbonyl (C=O) groups excluding carboxylic acids is 6. The predicted octanol–water partition coefficient (Wildman–Crippen LogP) is 10.4. The van der Waals surface area contributed by atoms with Crippen LogP contribution in [0.25, 0.3) is 44.6 Å². The van der Waals surface area contributed by atoms with E-state index in [2.05, 4.69) is 28.0 Å². The number of alkyl carbamates (subject to hydrolysis) is 2. The van der Waals surface area contributed by atoms with Crippen LogP contribution < -0.4 is 24.8 Å². The van der Waals surface area contributed by atoms with E-state index in [1.807, 2.05) is 160 Å². The lowest BCUT2D eigenvalue weighted by Crippen LogP contribution is -2.57. The standard InChI is InChI=1S/C42H51N5O8S.C32H38N4O6/c1-7-27-21-42(27,38(50)46-56(52,53)29-15-16-29)22-33(48)32-20-28-23-47(32)37(49)35(40(2,3)4)45-39(51)54-24-41(5,6)18-17-25-11-10-12-26(19-25)34-36(55-28)44-31-14-9-8-13-30(31)43-34;1-31(2,3)26-28(37)36-17-21(16-24(36)29(38)39)42-27-25(33-22-11-6-7-12-23(22)34-27)20-10-8-9-19(15-20)13-14-32(4,5)18-41-30(40)35-26/h7-14,19,27-29,32,35H,1,15-18,20-24H2,2-6H3,(H,45,51)(H,46,50);6-12,15,21,24,26H,13-14,16-18H2,1-5H3,(H,35,40)(H,38,39)/t27-,28-,32+,35-,42-;21-,24+,26-/m11/s1. The monoisotopic (exact) mass is 1360 g/mol. The van der Waals surface area contributed by atoms with Crippen molar-refractivity contribution in [2.24, 2.45) is 33.0 Å². The maximum Gasteiger partial charge on any atom is 0.407 e. The molecule has 8 atom stereocenters. The van der Waals surface area contributed by atoms with Crippen LogP contribution >= 0.6 is 0 Å². The van der Waals surface area contributed by atoms with Crippen molar-refractivity contribution in [1.82, 2.24) is 45.1 Å². The third kappa shape index (κ3) is 15.9. The molecule has 6 aliphatic rings. The number of amides is 5. The second-order valence-electron chi connectivity index (χ2n) is 30.8. The third-order valence-corrected chi connectivity index (χ3v) is 21.3. The zero-order chi connectivity index (χ0) is 70.4. The molecular formula is C74H89N9O14S. The molecule has 0 unspecified atom stereocenters. The number of Topliss-reactive ketones (excluding diaryl/α,β-unsaturated/α-hetero) is 1. The smallest absolute Gasteiger partial charge is 0.407 e. The number of nitrogens with zero attached hydrogens (tertiary/aromatic N) is 6. The Morgan fingerprint density at radius 2 is 1.07 bits per heavy atom. The summed E-state index contributed by atoms with van der Waals surface area (Å²) in [7, 11) is -3.87. The van der Waals surface area contributed by atoms with Crippen LogP contribution in [0.1, 0.15) is 132 Å². The molecule has 520 valence electrons. The van der Waals surface area contributed by atoms with E-state index in [1.165, 1.54) is 9.80 Å². The van der Waals surface area contributed by atoms with Gasteiger partial charge in [0.25, 0.3) is 0 Å². The minimum absolute atomic E-state index is 0.0140. The number of ketones is 1. The van der Waals surface area contributed by atoms with Crippen LogP contribution in [0.15, 0.2) is 110 Å². The Morgan fingerprint density at radius 1 is 0.643 bits per heavy atom.